The number of aryl methyl sites for hydroxylation is 1. The Morgan fingerprint density at radius 1 is 1.21 bits per heavy atom. The van der Waals surface area contributed by atoms with Crippen LogP contribution in [0.5, 0.6) is 0 Å². The van der Waals surface area contributed by atoms with Crippen LogP contribution >= 0.6 is 23.2 Å². The third kappa shape index (κ3) is 2.58. The number of benzene rings is 1. The van der Waals surface area contributed by atoms with E-state index >= 15 is 0 Å². The lowest BCUT2D eigenvalue weighted by Gasteiger charge is -2.18. The van der Waals surface area contributed by atoms with Crippen molar-refractivity contribution in [1.29, 1.82) is 0 Å². The quantitative estimate of drug-likeness (QED) is 0.854. The molecule has 0 unspecified atom stereocenters. The molecule has 2 aromatic rings. The predicted octanol–water partition coefficient (Wildman–Crippen LogP) is 4.27. The van der Waals surface area contributed by atoms with E-state index in [0.717, 1.165) is 16.8 Å². The first kappa shape index (κ1) is 14.2. The number of hydrogen-bond acceptors (Lipinski definition) is 2. The van der Waals surface area contributed by atoms with Gasteiger partial charge in [-0.1, -0.05) is 50.0 Å². The predicted molar refractivity (Wildman–Crippen MR) is 81.8 cm³/mol. The number of aromatic nitrogens is 2. The van der Waals surface area contributed by atoms with Crippen LogP contribution in [0.3, 0.4) is 0 Å². The Balaban J connectivity index is 2.74. The van der Waals surface area contributed by atoms with Crippen molar-refractivity contribution in [2.24, 2.45) is 7.05 Å². The summed E-state index contributed by atoms with van der Waals surface area (Å²) < 4.78 is 1.68. The number of nitrogens with zero attached hydrogens (tertiary/aromatic N) is 2. The van der Waals surface area contributed by atoms with E-state index in [0.29, 0.717) is 15.9 Å². The molecule has 1 heterocycles. The fourth-order valence-corrected chi connectivity index (χ4v) is 2.52. The van der Waals surface area contributed by atoms with Crippen molar-refractivity contribution in [1.82, 2.24) is 9.78 Å². The number of halogens is 2. The second-order valence-electron chi connectivity index (χ2n) is 5.61. The maximum Gasteiger partial charge on any atom is 0.129 e. The van der Waals surface area contributed by atoms with Crippen LogP contribution < -0.4 is 5.73 Å². The molecule has 3 nitrogen and oxygen atoms in total. The molecule has 2 rings (SSSR count). The lowest BCUT2D eigenvalue weighted by atomic mass is 9.87. The summed E-state index contributed by atoms with van der Waals surface area (Å²) in [6.45, 7) is 6.30. The summed E-state index contributed by atoms with van der Waals surface area (Å²) in [5.41, 5.74) is 8.71. The molecule has 0 bridgehead atoms. The Morgan fingerprint density at radius 3 is 2.37 bits per heavy atom. The molecule has 1 aromatic heterocycles. The Bertz CT molecular complexity index is 624. The molecule has 5 heteroatoms. The average molecular weight is 298 g/mol. The first-order chi connectivity index (χ1) is 8.71. The molecule has 1 aromatic carbocycles. The minimum absolute atomic E-state index is 0.117. The van der Waals surface area contributed by atoms with E-state index in [2.05, 4.69) is 25.9 Å². The van der Waals surface area contributed by atoms with Crippen molar-refractivity contribution >= 4 is 29.0 Å². The van der Waals surface area contributed by atoms with E-state index in [1.807, 2.05) is 19.2 Å². The molecule has 0 aliphatic rings. The first-order valence-corrected chi connectivity index (χ1v) is 6.76. The first-order valence-electron chi connectivity index (χ1n) is 6.00. The number of nitrogen functional groups attached to an aromatic ring is 1. The summed E-state index contributed by atoms with van der Waals surface area (Å²) in [5.74, 6) is 0.606. The summed E-state index contributed by atoms with van der Waals surface area (Å²) >= 11 is 12.2. The van der Waals surface area contributed by atoms with Gasteiger partial charge in [0.05, 0.1) is 10.7 Å². The van der Waals surface area contributed by atoms with E-state index in [-0.39, 0.29) is 5.41 Å². The van der Waals surface area contributed by atoms with Crippen molar-refractivity contribution in [2.45, 2.75) is 26.2 Å². The number of hydrogen-bond donors (Lipinski definition) is 1. The van der Waals surface area contributed by atoms with Crippen LogP contribution in [0, 0.1) is 0 Å². The highest BCUT2D eigenvalue weighted by molar-refractivity contribution is 6.36. The molecule has 19 heavy (non-hydrogen) atoms. The summed E-state index contributed by atoms with van der Waals surface area (Å²) in [4.78, 5) is 0. The Hall–Kier alpha value is -1.19. The average Bonchev–Trinajstić information content (AvgIpc) is 2.56. The Kier molecular flexibility index (Phi) is 3.54. The fraction of sp³-hybridized carbons (Fsp3) is 0.357. The molecular formula is C14H17Cl2N3. The molecule has 0 radical (unpaired) electrons. The van der Waals surface area contributed by atoms with Gasteiger partial charge in [0, 0.05) is 28.6 Å². The number of nitrogens with two attached hydrogens (primary N) is 1. The second-order valence-corrected chi connectivity index (χ2v) is 6.45. The summed E-state index contributed by atoms with van der Waals surface area (Å²) in [5, 5.41) is 5.71. The van der Waals surface area contributed by atoms with Crippen LogP contribution in [0.15, 0.2) is 18.2 Å². The van der Waals surface area contributed by atoms with Gasteiger partial charge in [0.2, 0.25) is 0 Å². The molecule has 0 amide bonds. The second kappa shape index (κ2) is 4.73. The van der Waals surface area contributed by atoms with E-state index in [1.165, 1.54) is 0 Å². The van der Waals surface area contributed by atoms with Gasteiger partial charge in [0.1, 0.15) is 5.82 Å². The monoisotopic (exact) mass is 297 g/mol. The highest BCUT2D eigenvalue weighted by Crippen LogP contribution is 2.40. The van der Waals surface area contributed by atoms with Gasteiger partial charge in [0.25, 0.3) is 0 Å². The normalized spacial score (nSPS) is 11.9. The molecule has 0 atom stereocenters. The van der Waals surface area contributed by atoms with Crippen LogP contribution in [0.25, 0.3) is 11.1 Å². The number of rotatable bonds is 1. The maximum atomic E-state index is 6.29. The van der Waals surface area contributed by atoms with Gasteiger partial charge in [-0.05, 0) is 12.1 Å². The number of anilines is 1. The van der Waals surface area contributed by atoms with Crippen molar-refractivity contribution in [3.05, 3.63) is 33.9 Å². The lowest BCUT2D eigenvalue weighted by molar-refractivity contribution is 0.555. The molecule has 0 aliphatic carbocycles. The molecule has 2 N–H and O–H groups in total. The van der Waals surface area contributed by atoms with Gasteiger partial charge in [-0.15, -0.1) is 0 Å². The maximum absolute atomic E-state index is 6.29. The molecule has 0 aliphatic heterocycles. The van der Waals surface area contributed by atoms with Crippen molar-refractivity contribution in [3.63, 3.8) is 0 Å². The van der Waals surface area contributed by atoms with E-state index < -0.39 is 0 Å². The largest absolute Gasteiger partial charge is 0.383 e. The topological polar surface area (TPSA) is 43.8 Å². The highest BCUT2D eigenvalue weighted by atomic mass is 35.5. The standard InChI is InChI=1S/C14H17Cl2N3/c1-14(2,3)12-11(13(17)19(4)18-12)9-6-5-8(15)7-10(9)16/h5-7H,17H2,1-4H3. The smallest absolute Gasteiger partial charge is 0.129 e. The van der Waals surface area contributed by atoms with Gasteiger partial charge in [-0.2, -0.15) is 5.10 Å². The minimum atomic E-state index is -0.117. The van der Waals surface area contributed by atoms with E-state index in [1.54, 1.807) is 10.7 Å². The van der Waals surface area contributed by atoms with Gasteiger partial charge in [-0.25, -0.2) is 0 Å². The summed E-state index contributed by atoms with van der Waals surface area (Å²) in [6, 6.07) is 5.41. The fourth-order valence-electron chi connectivity index (χ4n) is 2.02. The molecule has 0 saturated heterocycles. The third-order valence-electron chi connectivity index (χ3n) is 3.00. The van der Waals surface area contributed by atoms with Crippen molar-refractivity contribution < 1.29 is 0 Å². The zero-order valence-electron chi connectivity index (χ0n) is 11.5. The lowest BCUT2D eigenvalue weighted by Crippen LogP contribution is -2.13. The van der Waals surface area contributed by atoms with Crippen LogP contribution in [0.1, 0.15) is 26.5 Å². The highest BCUT2D eigenvalue weighted by Gasteiger charge is 2.26. The van der Waals surface area contributed by atoms with Crippen LogP contribution in [0.4, 0.5) is 5.82 Å². The van der Waals surface area contributed by atoms with Crippen LogP contribution in [0.2, 0.25) is 10.0 Å². The van der Waals surface area contributed by atoms with Gasteiger partial charge < -0.3 is 5.73 Å². The van der Waals surface area contributed by atoms with Crippen molar-refractivity contribution in [3.8, 4) is 11.1 Å². The van der Waals surface area contributed by atoms with Crippen LogP contribution in [-0.2, 0) is 12.5 Å². The molecule has 102 valence electrons. The molecular weight excluding hydrogens is 281 g/mol. The SMILES string of the molecule is Cn1nc(C(C)(C)C)c(-c2ccc(Cl)cc2Cl)c1N. The van der Waals surface area contributed by atoms with Crippen molar-refractivity contribution in [2.75, 3.05) is 5.73 Å². The van der Waals surface area contributed by atoms with Gasteiger partial charge in [-0.3, -0.25) is 4.68 Å². The minimum Gasteiger partial charge on any atom is -0.383 e. The summed E-state index contributed by atoms with van der Waals surface area (Å²) in [6.07, 6.45) is 0. The van der Waals surface area contributed by atoms with Gasteiger partial charge >= 0.3 is 0 Å². The molecule has 0 spiro atoms. The molecule has 0 fully saturated rings. The third-order valence-corrected chi connectivity index (χ3v) is 3.55. The van der Waals surface area contributed by atoms with Gasteiger partial charge in [0.15, 0.2) is 0 Å². The Morgan fingerprint density at radius 2 is 1.84 bits per heavy atom. The molecule has 0 saturated carbocycles. The van der Waals surface area contributed by atoms with Crippen LogP contribution in [-0.4, -0.2) is 9.78 Å². The summed E-state index contributed by atoms with van der Waals surface area (Å²) in [7, 11) is 1.83. The van der Waals surface area contributed by atoms with E-state index in [9.17, 15) is 0 Å². The van der Waals surface area contributed by atoms with E-state index in [4.69, 9.17) is 28.9 Å². The zero-order valence-corrected chi connectivity index (χ0v) is 13.0. The Labute approximate surface area is 123 Å². The zero-order chi connectivity index (χ0) is 14.4.